The average Bonchev–Trinajstić information content (AvgIpc) is 2.60. The van der Waals surface area contributed by atoms with Gasteiger partial charge in [-0.05, 0) is 29.8 Å². The second kappa shape index (κ2) is 6.90. The van der Waals surface area contributed by atoms with Gasteiger partial charge in [0.15, 0.2) is 11.5 Å². The number of para-hydroxylation sites is 1. The third-order valence-electron chi connectivity index (χ3n) is 3.65. The Hall–Kier alpha value is -2.93. The van der Waals surface area contributed by atoms with Crippen molar-refractivity contribution in [2.75, 3.05) is 7.11 Å². The molecule has 0 unspecified atom stereocenters. The first-order valence-electron chi connectivity index (χ1n) is 7.28. The lowest BCUT2D eigenvalue weighted by Gasteiger charge is -2.06. The predicted octanol–water partition coefficient (Wildman–Crippen LogP) is 4.79. The van der Waals surface area contributed by atoms with Crippen LogP contribution in [0.25, 0.3) is 23.1 Å². The van der Waals surface area contributed by atoms with Crippen molar-refractivity contribution in [2.45, 2.75) is 0 Å². The van der Waals surface area contributed by atoms with E-state index in [1.54, 1.807) is 42.5 Å². The largest absolute Gasteiger partial charge is 0.504 e. The molecule has 2 aromatic carbocycles. The van der Waals surface area contributed by atoms with Gasteiger partial charge in [-0.3, -0.25) is 10.1 Å². The molecule has 1 aromatic heterocycles. The zero-order chi connectivity index (χ0) is 18.0. The van der Waals surface area contributed by atoms with Crippen LogP contribution in [0.1, 0.15) is 11.3 Å². The number of rotatable bonds is 4. The number of aromatic nitrogens is 1. The number of benzene rings is 2. The Morgan fingerprint density at radius 3 is 2.76 bits per heavy atom. The van der Waals surface area contributed by atoms with Gasteiger partial charge >= 0.3 is 0 Å². The van der Waals surface area contributed by atoms with Crippen LogP contribution in [0.5, 0.6) is 11.5 Å². The maximum absolute atomic E-state index is 11.2. The Balaban J connectivity index is 2.02. The maximum atomic E-state index is 11.2. The summed E-state index contributed by atoms with van der Waals surface area (Å²) in [5.41, 5.74) is 1.68. The van der Waals surface area contributed by atoms with Crippen molar-refractivity contribution in [3.8, 4) is 11.5 Å². The Bertz CT molecular complexity index is 1000. The molecule has 0 saturated carbocycles. The molecular weight excluding hydrogens is 388 g/mol. The van der Waals surface area contributed by atoms with E-state index in [0.29, 0.717) is 26.8 Å². The molecule has 0 aliphatic rings. The summed E-state index contributed by atoms with van der Waals surface area (Å²) >= 11 is 3.38. The Kier molecular flexibility index (Phi) is 4.67. The first-order valence-corrected chi connectivity index (χ1v) is 8.07. The lowest BCUT2D eigenvalue weighted by Crippen LogP contribution is -1.92. The van der Waals surface area contributed by atoms with Crippen molar-refractivity contribution in [3.63, 3.8) is 0 Å². The number of hydrogen-bond donors (Lipinski definition) is 1. The zero-order valence-electron chi connectivity index (χ0n) is 13.1. The number of aromatic hydroxyl groups is 1. The van der Waals surface area contributed by atoms with E-state index in [2.05, 4.69) is 20.9 Å². The fourth-order valence-electron chi connectivity index (χ4n) is 2.41. The number of halogens is 1. The Morgan fingerprint density at radius 1 is 1.24 bits per heavy atom. The first kappa shape index (κ1) is 16.9. The van der Waals surface area contributed by atoms with Gasteiger partial charge in [0.2, 0.25) is 0 Å². The van der Waals surface area contributed by atoms with Crippen LogP contribution in [0, 0.1) is 10.1 Å². The van der Waals surface area contributed by atoms with E-state index >= 15 is 0 Å². The number of ether oxygens (including phenoxy) is 1. The number of nitro benzene ring substituents is 1. The first-order chi connectivity index (χ1) is 12.0. The molecule has 25 heavy (non-hydrogen) atoms. The van der Waals surface area contributed by atoms with E-state index < -0.39 is 4.92 Å². The molecule has 126 valence electrons. The van der Waals surface area contributed by atoms with Crippen LogP contribution >= 0.6 is 15.9 Å². The third kappa shape index (κ3) is 3.46. The summed E-state index contributed by atoms with van der Waals surface area (Å²) in [6.45, 7) is 0. The maximum Gasteiger partial charge on any atom is 0.295 e. The van der Waals surface area contributed by atoms with E-state index in [9.17, 15) is 15.2 Å². The van der Waals surface area contributed by atoms with Crippen LogP contribution in [0.15, 0.2) is 46.9 Å². The van der Waals surface area contributed by atoms with Gasteiger partial charge in [-0.15, -0.1) is 0 Å². The minimum Gasteiger partial charge on any atom is -0.504 e. The highest BCUT2D eigenvalue weighted by atomic mass is 79.9. The molecule has 0 aliphatic heterocycles. The molecule has 7 heteroatoms. The third-order valence-corrected chi connectivity index (χ3v) is 4.34. The number of hydrogen-bond acceptors (Lipinski definition) is 5. The fraction of sp³-hybridized carbons (Fsp3) is 0.0556. The van der Waals surface area contributed by atoms with Gasteiger partial charge in [-0.2, -0.15) is 0 Å². The molecule has 0 aliphatic carbocycles. The summed E-state index contributed by atoms with van der Waals surface area (Å²) in [5, 5.41) is 21.6. The van der Waals surface area contributed by atoms with Crippen LogP contribution < -0.4 is 4.74 Å². The number of non-ortho nitro benzene ring substituents is 1. The molecule has 6 nitrogen and oxygen atoms in total. The molecule has 0 fully saturated rings. The minimum absolute atomic E-state index is 0.0276. The highest BCUT2D eigenvalue weighted by Crippen LogP contribution is 2.33. The van der Waals surface area contributed by atoms with Crippen molar-refractivity contribution in [3.05, 3.63) is 68.3 Å². The number of methoxy groups -OCH3 is 1. The summed E-state index contributed by atoms with van der Waals surface area (Å²) in [6, 6.07) is 11.7. The van der Waals surface area contributed by atoms with Crippen LogP contribution in [-0.4, -0.2) is 22.1 Å². The molecular formula is C18H13BrN2O4. The highest BCUT2D eigenvalue weighted by molar-refractivity contribution is 9.10. The standard InChI is InChI=1S/C18H13BrN2O4/c1-25-17-9-12(14(19)10-16(17)22)6-8-13-7-5-11-3-2-4-15(21(23)24)18(11)20-13/h2-10,22H,1H3/b8-6+. The summed E-state index contributed by atoms with van der Waals surface area (Å²) in [6.07, 6.45) is 3.53. The van der Waals surface area contributed by atoms with E-state index in [-0.39, 0.29) is 11.4 Å². The molecule has 0 bridgehead atoms. The summed E-state index contributed by atoms with van der Waals surface area (Å²) < 4.78 is 5.79. The van der Waals surface area contributed by atoms with Crippen molar-refractivity contribution >= 4 is 44.7 Å². The lowest BCUT2D eigenvalue weighted by atomic mass is 10.1. The topological polar surface area (TPSA) is 85.5 Å². The number of phenolic OH excluding ortho intramolecular Hbond substituents is 1. The second-order valence-corrected chi connectivity index (χ2v) is 6.08. The SMILES string of the molecule is COc1cc(/C=C/c2ccc3cccc([N+](=O)[O-])c3n2)c(Br)cc1O. The highest BCUT2D eigenvalue weighted by Gasteiger charge is 2.12. The van der Waals surface area contributed by atoms with Gasteiger partial charge in [0, 0.05) is 15.9 Å². The number of fused-ring (bicyclic) bond motifs is 1. The van der Waals surface area contributed by atoms with E-state index in [4.69, 9.17) is 4.74 Å². The lowest BCUT2D eigenvalue weighted by molar-refractivity contribution is -0.383. The molecule has 3 aromatic rings. The van der Waals surface area contributed by atoms with Crippen molar-refractivity contribution < 1.29 is 14.8 Å². The number of phenols is 1. The molecule has 1 N–H and O–H groups in total. The number of pyridine rings is 1. The van der Waals surface area contributed by atoms with Crippen molar-refractivity contribution in [2.24, 2.45) is 0 Å². The Morgan fingerprint density at radius 2 is 2.04 bits per heavy atom. The molecule has 3 rings (SSSR count). The van der Waals surface area contributed by atoms with Gasteiger partial charge in [-0.25, -0.2) is 4.98 Å². The quantitative estimate of drug-likeness (QED) is 0.502. The van der Waals surface area contributed by atoms with E-state index in [1.807, 2.05) is 0 Å². The average molecular weight is 401 g/mol. The van der Waals surface area contributed by atoms with Crippen LogP contribution in [-0.2, 0) is 0 Å². The summed E-state index contributed by atoms with van der Waals surface area (Å²) in [5.74, 6) is 0.385. The van der Waals surface area contributed by atoms with Crippen molar-refractivity contribution in [1.29, 1.82) is 0 Å². The fourth-order valence-corrected chi connectivity index (χ4v) is 2.88. The Labute approximate surface area is 151 Å². The van der Waals surface area contributed by atoms with Gasteiger partial charge in [0.25, 0.3) is 5.69 Å². The monoisotopic (exact) mass is 400 g/mol. The van der Waals surface area contributed by atoms with Crippen LogP contribution in [0.2, 0.25) is 0 Å². The van der Waals surface area contributed by atoms with Crippen molar-refractivity contribution in [1.82, 2.24) is 4.98 Å². The number of nitro groups is 1. The summed E-state index contributed by atoms with van der Waals surface area (Å²) in [4.78, 5) is 15.1. The van der Waals surface area contributed by atoms with E-state index in [0.717, 1.165) is 5.56 Å². The normalized spacial score (nSPS) is 11.1. The molecule has 1 heterocycles. The molecule has 0 spiro atoms. The zero-order valence-corrected chi connectivity index (χ0v) is 14.7. The van der Waals surface area contributed by atoms with E-state index in [1.165, 1.54) is 19.2 Å². The van der Waals surface area contributed by atoms with Gasteiger partial charge in [-0.1, -0.05) is 40.2 Å². The van der Waals surface area contributed by atoms with Gasteiger partial charge in [0.05, 0.1) is 17.7 Å². The molecule has 0 radical (unpaired) electrons. The molecule has 0 amide bonds. The number of nitrogens with zero attached hydrogens (tertiary/aromatic N) is 2. The second-order valence-electron chi connectivity index (χ2n) is 5.22. The van der Waals surface area contributed by atoms with Crippen LogP contribution in [0.3, 0.4) is 0 Å². The van der Waals surface area contributed by atoms with Gasteiger partial charge in [0.1, 0.15) is 5.52 Å². The predicted molar refractivity (Wildman–Crippen MR) is 99.7 cm³/mol. The summed E-state index contributed by atoms with van der Waals surface area (Å²) in [7, 11) is 1.47. The minimum atomic E-state index is -0.440. The smallest absolute Gasteiger partial charge is 0.295 e. The molecule has 0 saturated heterocycles. The molecule has 0 atom stereocenters. The van der Waals surface area contributed by atoms with Gasteiger partial charge < -0.3 is 9.84 Å². The van der Waals surface area contributed by atoms with Crippen LogP contribution in [0.4, 0.5) is 5.69 Å².